The molecule has 2 unspecified atom stereocenters. The molecule has 1 aliphatic carbocycles. The van der Waals surface area contributed by atoms with Crippen LogP contribution >= 0.6 is 12.4 Å². The Balaban J connectivity index is 0.00000162. The summed E-state index contributed by atoms with van der Waals surface area (Å²) in [7, 11) is 0. The highest BCUT2D eigenvalue weighted by atomic mass is 35.5. The van der Waals surface area contributed by atoms with E-state index in [0.29, 0.717) is 12.0 Å². The Hall–Kier alpha value is -0.280. The zero-order valence-electron chi connectivity index (χ0n) is 11.4. The lowest BCUT2D eigenvalue weighted by Crippen LogP contribution is -2.36. The summed E-state index contributed by atoms with van der Waals surface area (Å²) in [6.45, 7) is 4.52. The molecular formula is C14H27ClN2O. The van der Waals surface area contributed by atoms with Crippen LogP contribution in [-0.4, -0.2) is 25.0 Å². The summed E-state index contributed by atoms with van der Waals surface area (Å²) in [5, 5.41) is 6.58. The monoisotopic (exact) mass is 274 g/mol. The zero-order chi connectivity index (χ0) is 12.1. The van der Waals surface area contributed by atoms with Crippen LogP contribution in [-0.2, 0) is 4.79 Å². The molecule has 2 rings (SSSR count). The van der Waals surface area contributed by atoms with E-state index in [9.17, 15) is 4.79 Å². The van der Waals surface area contributed by atoms with Crippen molar-refractivity contribution in [3.8, 4) is 0 Å². The number of carbonyl (C=O) groups is 1. The van der Waals surface area contributed by atoms with Crippen LogP contribution in [0.4, 0.5) is 0 Å². The van der Waals surface area contributed by atoms with Crippen LogP contribution < -0.4 is 10.6 Å². The fourth-order valence-corrected chi connectivity index (χ4v) is 3.14. The third-order valence-corrected chi connectivity index (χ3v) is 4.45. The van der Waals surface area contributed by atoms with Gasteiger partial charge in [-0.05, 0) is 57.0 Å². The van der Waals surface area contributed by atoms with Crippen molar-refractivity contribution in [1.29, 1.82) is 0 Å². The molecule has 0 bridgehead atoms. The number of rotatable bonds is 4. The Labute approximate surface area is 117 Å². The molecule has 0 spiro atoms. The summed E-state index contributed by atoms with van der Waals surface area (Å²) in [5.41, 5.74) is 0. The normalized spacial score (nSPS) is 28.7. The Morgan fingerprint density at radius 2 is 1.94 bits per heavy atom. The minimum absolute atomic E-state index is 0. The third-order valence-electron chi connectivity index (χ3n) is 4.45. The number of hydrogen-bond donors (Lipinski definition) is 2. The molecule has 0 aromatic heterocycles. The van der Waals surface area contributed by atoms with Gasteiger partial charge in [0.2, 0.25) is 5.91 Å². The van der Waals surface area contributed by atoms with Crippen molar-refractivity contribution in [2.45, 2.75) is 57.9 Å². The Morgan fingerprint density at radius 1 is 1.22 bits per heavy atom. The highest BCUT2D eigenvalue weighted by molar-refractivity contribution is 5.85. The molecule has 2 fully saturated rings. The van der Waals surface area contributed by atoms with Crippen LogP contribution in [0.1, 0.15) is 51.9 Å². The zero-order valence-corrected chi connectivity index (χ0v) is 12.2. The van der Waals surface area contributed by atoms with E-state index in [2.05, 4.69) is 17.6 Å². The molecule has 0 radical (unpaired) electrons. The number of amides is 1. The summed E-state index contributed by atoms with van der Waals surface area (Å²) >= 11 is 0. The first-order chi connectivity index (χ1) is 8.25. The maximum Gasteiger partial charge on any atom is 0.220 e. The Morgan fingerprint density at radius 3 is 2.56 bits per heavy atom. The van der Waals surface area contributed by atoms with E-state index in [1.165, 1.54) is 32.1 Å². The van der Waals surface area contributed by atoms with E-state index < -0.39 is 0 Å². The van der Waals surface area contributed by atoms with Gasteiger partial charge >= 0.3 is 0 Å². The van der Waals surface area contributed by atoms with Gasteiger partial charge in [0.15, 0.2) is 0 Å². The van der Waals surface area contributed by atoms with Crippen molar-refractivity contribution in [3.05, 3.63) is 0 Å². The molecule has 18 heavy (non-hydrogen) atoms. The summed E-state index contributed by atoms with van der Waals surface area (Å²) in [6.07, 6.45) is 8.03. The van der Waals surface area contributed by atoms with Gasteiger partial charge < -0.3 is 10.6 Å². The molecule has 0 aromatic rings. The largest absolute Gasteiger partial charge is 0.353 e. The highest BCUT2D eigenvalue weighted by Crippen LogP contribution is 2.25. The third kappa shape index (κ3) is 4.77. The molecular weight excluding hydrogens is 248 g/mol. The van der Waals surface area contributed by atoms with Crippen molar-refractivity contribution >= 4 is 18.3 Å². The minimum atomic E-state index is 0. The van der Waals surface area contributed by atoms with Gasteiger partial charge in [-0.15, -0.1) is 12.4 Å². The topological polar surface area (TPSA) is 41.1 Å². The first kappa shape index (κ1) is 15.8. The average molecular weight is 275 g/mol. The van der Waals surface area contributed by atoms with Crippen LogP contribution in [0.2, 0.25) is 0 Å². The molecule has 1 amide bonds. The molecule has 2 N–H and O–H groups in total. The first-order valence-electron chi connectivity index (χ1n) is 7.26. The summed E-state index contributed by atoms with van der Waals surface area (Å²) < 4.78 is 0. The van der Waals surface area contributed by atoms with Crippen LogP contribution in [0.5, 0.6) is 0 Å². The maximum atomic E-state index is 11.9. The number of nitrogens with one attached hydrogen (secondary N) is 2. The number of halogens is 1. The van der Waals surface area contributed by atoms with Crippen molar-refractivity contribution < 1.29 is 4.79 Å². The van der Waals surface area contributed by atoms with Crippen LogP contribution in [0.15, 0.2) is 0 Å². The number of hydrogen-bond acceptors (Lipinski definition) is 2. The molecule has 3 nitrogen and oxygen atoms in total. The van der Waals surface area contributed by atoms with Gasteiger partial charge in [-0.25, -0.2) is 0 Å². The Bertz CT molecular complexity index is 254. The van der Waals surface area contributed by atoms with Gasteiger partial charge in [0.05, 0.1) is 0 Å². The molecule has 1 aliphatic heterocycles. The second-order valence-electron chi connectivity index (χ2n) is 5.81. The maximum absolute atomic E-state index is 11.9. The van der Waals surface area contributed by atoms with Crippen molar-refractivity contribution in [1.82, 2.24) is 10.6 Å². The van der Waals surface area contributed by atoms with Gasteiger partial charge in [0, 0.05) is 12.5 Å². The summed E-state index contributed by atoms with van der Waals surface area (Å²) in [5.74, 6) is 1.73. The number of piperidine rings is 1. The molecule has 0 aromatic carbocycles. The van der Waals surface area contributed by atoms with E-state index in [4.69, 9.17) is 0 Å². The van der Waals surface area contributed by atoms with Gasteiger partial charge in [0.1, 0.15) is 0 Å². The lowest BCUT2D eigenvalue weighted by Gasteiger charge is -2.23. The fourth-order valence-electron chi connectivity index (χ4n) is 3.14. The van der Waals surface area contributed by atoms with E-state index in [1.54, 1.807) is 0 Å². The van der Waals surface area contributed by atoms with Crippen molar-refractivity contribution in [2.75, 3.05) is 13.1 Å². The average Bonchev–Trinajstić information content (AvgIpc) is 2.74. The van der Waals surface area contributed by atoms with E-state index in [1.807, 2.05) is 0 Å². The highest BCUT2D eigenvalue weighted by Gasteiger charge is 2.24. The predicted molar refractivity (Wildman–Crippen MR) is 77.0 cm³/mol. The second-order valence-corrected chi connectivity index (χ2v) is 5.81. The van der Waals surface area contributed by atoms with Gasteiger partial charge in [0.25, 0.3) is 0 Å². The van der Waals surface area contributed by atoms with Crippen molar-refractivity contribution in [3.63, 3.8) is 0 Å². The van der Waals surface area contributed by atoms with Gasteiger partial charge in [-0.3, -0.25) is 4.79 Å². The SMILES string of the molecule is CC1CCCC1NC(=O)CCC1CCNCC1.Cl. The molecule has 1 saturated heterocycles. The number of carbonyl (C=O) groups excluding carboxylic acids is 1. The van der Waals surface area contributed by atoms with Crippen LogP contribution in [0, 0.1) is 11.8 Å². The smallest absolute Gasteiger partial charge is 0.220 e. The summed E-state index contributed by atoms with van der Waals surface area (Å²) in [6, 6.07) is 0.454. The van der Waals surface area contributed by atoms with Crippen LogP contribution in [0.3, 0.4) is 0 Å². The molecule has 2 atom stereocenters. The van der Waals surface area contributed by atoms with Gasteiger partial charge in [-0.1, -0.05) is 13.3 Å². The molecule has 106 valence electrons. The lowest BCUT2D eigenvalue weighted by molar-refractivity contribution is -0.122. The predicted octanol–water partition coefficient (Wildman–Crippen LogP) is 2.49. The quantitative estimate of drug-likeness (QED) is 0.827. The van der Waals surface area contributed by atoms with E-state index >= 15 is 0 Å². The van der Waals surface area contributed by atoms with Gasteiger partial charge in [-0.2, -0.15) is 0 Å². The Kier molecular flexibility index (Phi) is 7.02. The first-order valence-corrected chi connectivity index (χ1v) is 7.26. The standard InChI is InChI=1S/C14H26N2O.ClH/c1-11-3-2-4-13(11)16-14(17)6-5-12-7-9-15-10-8-12;/h11-13,15H,2-10H2,1H3,(H,16,17);1H. The lowest BCUT2D eigenvalue weighted by atomic mass is 9.93. The van der Waals surface area contributed by atoms with E-state index in [0.717, 1.165) is 31.8 Å². The fraction of sp³-hybridized carbons (Fsp3) is 0.929. The van der Waals surface area contributed by atoms with Crippen LogP contribution in [0.25, 0.3) is 0 Å². The minimum Gasteiger partial charge on any atom is -0.353 e. The summed E-state index contributed by atoms with van der Waals surface area (Å²) in [4.78, 5) is 11.9. The van der Waals surface area contributed by atoms with Crippen molar-refractivity contribution in [2.24, 2.45) is 11.8 Å². The van der Waals surface area contributed by atoms with E-state index in [-0.39, 0.29) is 18.3 Å². The molecule has 1 saturated carbocycles. The molecule has 4 heteroatoms. The molecule has 1 heterocycles. The molecule has 2 aliphatic rings. The second kappa shape index (κ2) is 8.00.